The molecule has 0 bridgehead atoms. The molecule has 0 radical (unpaired) electrons. The van der Waals surface area contributed by atoms with Gasteiger partial charge in [-0.1, -0.05) is 76.6 Å². The molecule has 5 aromatic carbocycles. The molecule has 13 heteroatoms. The summed E-state index contributed by atoms with van der Waals surface area (Å²) in [4.78, 5) is 33.1. The number of likely N-dealkylation sites (tertiary alicyclic amines) is 1. The predicted molar refractivity (Wildman–Crippen MR) is 241 cm³/mol. The average Bonchev–Trinajstić information content (AvgIpc) is 3.94. The van der Waals surface area contributed by atoms with Crippen LogP contribution in [0.15, 0.2) is 120 Å². The van der Waals surface area contributed by atoms with Gasteiger partial charge in [-0.15, -0.1) is 0 Å². The van der Waals surface area contributed by atoms with Crippen LogP contribution in [0, 0.1) is 0 Å². The number of halogens is 1. The molecule has 0 unspecified atom stereocenters. The summed E-state index contributed by atoms with van der Waals surface area (Å²) in [5.74, 6) is 2.75. The third-order valence-corrected chi connectivity index (χ3v) is 10.8. The summed E-state index contributed by atoms with van der Waals surface area (Å²) in [5, 5.41) is 32.9. The van der Waals surface area contributed by atoms with Gasteiger partial charge in [0.1, 0.15) is 28.7 Å². The first-order chi connectivity index (χ1) is 29.0. The van der Waals surface area contributed by atoms with E-state index in [0.29, 0.717) is 47.7 Å². The van der Waals surface area contributed by atoms with Crippen LogP contribution in [0.25, 0.3) is 55.7 Å². The number of ether oxygens (including phenoxy) is 1. The number of anilines is 2. The molecule has 306 valence electrons. The Bertz CT molecular complexity index is 2650. The minimum absolute atomic E-state index is 0.0295. The van der Waals surface area contributed by atoms with E-state index in [0.717, 1.165) is 69.2 Å². The second-order valence-electron chi connectivity index (χ2n) is 16.0. The molecule has 0 spiro atoms. The van der Waals surface area contributed by atoms with Crippen molar-refractivity contribution in [3.8, 4) is 45.4 Å². The number of para-hydroxylation sites is 2. The lowest BCUT2D eigenvalue weighted by atomic mass is 10.0. The average molecular weight is 868 g/mol. The number of benzene rings is 5. The number of carbonyl (C=O) groups excluding carboxylic acids is 1. The molecule has 0 saturated carbocycles. The molecule has 2 aliphatic heterocycles. The lowest BCUT2D eigenvalue weighted by Gasteiger charge is -2.24. The van der Waals surface area contributed by atoms with Crippen molar-refractivity contribution in [1.29, 1.82) is 0 Å². The number of aromatic nitrogens is 4. The van der Waals surface area contributed by atoms with Crippen molar-refractivity contribution >= 4 is 55.5 Å². The Kier molecular flexibility index (Phi) is 11.8. The molecule has 7 aromatic rings. The first-order valence-electron chi connectivity index (χ1n) is 20.1. The number of hydrogen-bond donors (Lipinski definition) is 5. The second kappa shape index (κ2) is 17.5. The fourth-order valence-corrected chi connectivity index (χ4v) is 7.72. The molecule has 2 atom stereocenters. The first-order valence-corrected chi connectivity index (χ1v) is 20.9. The maximum atomic E-state index is 12.4. The van der Waals surface area contributed by atoms with Gasteiger partial charge in [0.25, 0.3) is 0 Å². The summed E-state index contributed by atoms with van der Waals surface area (Å²) < 4.78 is 6.42. The van der Waals surface area contributed by atoms with E-state index in [9.17, 15) is 15.0 Å². The molecule has 0 aliphatic carbocycles. The van der Waals surface area contributed by atoms with Gasteiger partial charge in [0, 0.05) is 47.0 Å². The van der Waals surface area contributed by atoms with Crippen LogP contribution in [0.5, 0.6) is 11.5 Å². The number of fused-ring (bicyclic) bond motifs is 2. The van der Waals surface area contributed by atoms with Gasteiger partial charge < -0.3 is 35.8 Å². The van der Waals surface area contributed by atoms with Crippen LogP contribution >= 0.6 is 15.9 Å². The smallest absolute Gasteiger partial charge is 0.410 e. The molecule has 4 heterocycles. The molecular weight excluding hydrogens is 820 g/mol. The number of aromatic hydroxyl groups is 2. The summed E-state index contributed by atoms with van der Waals surface area (Å²) in [6.07, 6.45) is 1.53. The van der Waals surface area contributed by atoms with Crippen molar-refractivity contribution in [2.24, 2.45) is 0 Å². The normalized spacial score (nSPS) is 16.4. The topological polar surface area (TPSA) is 158 Å². The van der Waals surface area contributed by atoms with Gasteiger partial charge in [0.05, 0.1) is 22.2 Å². The molecule has 2 aromatic heterocycles. The van der Waals surface area contributed by atoms with E-state index in [-0.39, 0.29) is 23.6 Å². The number of rotatable bonds is 7. The fourth-order valence-electron chi connectivity index (χ4n) is 7.36. The summed E-state index contributed by atoms with van der Waals surface area (Å²) in [5.41, 5.74) is 4.58. The Morgan fingerprint density at radius 2 is 1.30 bits per heavy atom. The van der Waals surface area contributed by atoms with Crippen LogP contribution < -0.4 is 16.0 Å². The summed E-state index contributed by atoms with van der Waals surface area (Å²) in [6, 6.07) is 36.9. The zero-order chi connectivity index (χ0) is 41.8. The molecule has 2 aliphatic rings. The SMILES string of the molecule is CC(C)(C)OC(=O)N1CC[C@H](Nc2nc(-c3ccccc3O)nc3ccc(Br)cc23)C1.Oc1ccccc1-c1nc(N[C@H]2CCNC2)c2cc(-c3ccccc3)ccc2n1. The lowest BCUT2D eigenvalue weighted by molar-refractivity contribution is 0.0293. The van der Waals surface area contributed by atoms with Gasteiger partial charge >= 0.3 is 6.09 Å². The third kappa shape index (κ3) is 9.43. The quantitative estimate of drug-likeness (QED) is 0.104. The van der Waals surface area contributed by atoms with E-state index in [4.69, 9.17) is 19.7 Å². The second-order valence-corrected chi connectivity index (χ2v) is 16.9. The Balaban J connectivity index is 0.000000167. The number of hydrogen-bond acceptors (Lipinski definition) is 11. The van der Waals surface area contributed by atoms with Crippen LogP contribution in [0.2, 0.25) is 0 Å². The van der Waals surface area contributed by atoms with E-state index in [2.05, 4.69) is 61.1 Å². The minimum Gasteiger partial charge on any atom is -0.507 e. The van der Waals surface area contributed by atoms with Crippen LogP contribution in [-0.2, 0) is 4.74 Å². The standard InChI is InChI=1S/C24H22N4O.C23H25BrN4O3/c29-22-9-5-4-8-19(22)23-27-21-11-10-17(16-6-2-1-3-7-16)14-20(21)24(28-23)26-18-12-13-25-15-18;1-23(2,3)31-22(30)28-11-10-15(13-28)25-21-17-12-14(24)8-9-18(17)26-20(27-21)16-6-4-5-7-19(16)29/h1-11,14,18,25,29H,12-13,15H2,(H,26,27,28);4-9,12,15,29H,10-11,13H2,1-3H3,(H,25,26,27)/t18-;15-/m00/s1. The Hall–Kier alpha value is -6.31. The van der Waals surface area contributed by atoms with E-state index in [1.165, 1.54) is 0 Å². The fraction of sp³-hybridized carbons (Fsp3) is 0.255. The summed E-state index contributed by atoms with van der Waals surface area (Å²) in [6.45, 7) is 8.65. The van der Waals surface area contributed by atoms with Crippen molar-refractivity contribution < 1.29 is 19.7 Å². The Morgan fingerprint density at radius 3 is 1.90 bits per heavy atom. The van der Waals surface area contributed by atoms with Crippen LogP contribution in [0.4, 0.5) is 16.4 Å². The molecule has 2 fully saturated rings. The van der Waals surface area contributed by atoms with Gasteiger partial charge in [-0.25, -0.2) is 24.7 Å². The van der Waals surface area contributed by atoms with E-state index >= 15 is 0 Å². The van der Waals surface area contributed by atoms with Crippen molar-refractivity contribution in [2.75, 3.05) is 36.8 Å². The highest BCUT2D eigenvalue weighted by molar-refractivity contribution is 9.10. The first kappa shape index (κ1) is 40.5. The molecule has 5 N–H and O–H groups in total. The Labute approximate surface area is 357 Å². The minimum atomic E-state index is -0.523. The predicted octanol–water partition coefficient (Wildman–Crippen LogP) is 9.63. The Morgan fingerprint density at radius 1 is 0.717 bits per heavy atom. The van der Waals surface area contributed by atoms with Crippen molar-refractivity contribution in [3.63, 3.8) is 0 Å². The van der Waals surface area contributed by atoms with E-state index < -0.39 is 5.60 Å². The highest BCUT2D eigenvalue weighted by atomic mass is 79.9. The number of carbonyl (C=O) groups is 1. The van der Waals surface area contributed by atoms with Crippen LogP contribution in [0.3, 0.4) is 0 Å². The van der Waals surface area contributed by atoms with E-state index in [1.807, 2.05) is 81.4 Å². The molecular formula is C47H47BrN8O4. The highest BCUT2D eigenvalue weighted by Gasteiger charge is 2.30. The molecule has 60 heavy (non-hydrogen) atoms. The van der Waals surface area contributed by atoms with Crippen LogP contribution in [-0.4, -0.2) is 85.0 Å². The maximum absolute atomic E-state index is 12.4. The number of nitrogens with one attached hydrogen (secondary N) is 3. The number of phenolic OH excluding ortho intramolecular Hbond substituents is 2. The summed E-state index contributed by atoms with van der Waals surface area (Å²) in [7, 11) is 0. The largest absolute Gasteiger partial charge is 0.507 e. The zero-order valence-electron chi connectivity index (χ0n) is 33.7. The van der Waals surface area contributed by atoms with Crippen molar-refractivity contribution in [2.45, 2.75) is 51.3 Å². The number of phenols is 2. The molecule has 9 rings (SSSR count). The monoisotopic (exact) mass is 866 g/mol. The summed E-state index contributed by atoms with van der Waals surface area (Å²) >= 11 is 3.52. The molecule has 1 amide bonds. The maximum Gasteiger partial charge on any atom is 0.410 e. The van der Waals surface area contributed by atoms with Crippen LogP contribution in [0.1, 0.15) is 33.6 Å². The number of nitrogens with zero attached hydrogens (tertiary/aromatic N) is 5. The van der Waals surface area contributed by atoms with Gasteiger partial charge in [0.15, 0.2) is 11.6 Å². The molecule has 12 nitrogen and oxygen atoms in total. The van der Waals surface area contributed by atoms with Gasteiger partial charge in [0.2, 0.25) is 0 Å². The lowest BCUT2D eigenvalue weighted by Crippen LogP contribution is -2.36. The van der Waals surface area contributed by atoms with Crippen molar-refractivity contribution in [3.05, 3.63) is 120 Å². The zero-order valence-corrected chi connectivity index (χ0v) is 35.3. The molecule has 2 saturated heterocycles. The van der Waals surface area contributed by atoms with Gasteiger partial charge in [-0.3, -0.25) is 0 Å². The van der Waals surface area contributed by atoms with Gasteiger partial charge in [-0.05, 0) is 106 Å². The van der Waals surface area contributed by atoms with Gasteiger partial charge in [-0.2, -0.15) is 0 Å². The number of amides is 1. The third-order valence-electron chi connectivity index (χ3n) is 10.3. The van der Waals surface area contributed by atoms with E-state index in [1.54, 1.807) is 35.2 Å². The van der Waals surface area contributed by atoms with Crippen molar-refractivity contribution in [1.82, 2.24) is 30.2 Å². The highest BCUT2D eigenvalue weighted by Crippen LogP contribution is 2.34.